The van der Waals surface area contributed by atoms with Crippen molar-refractivity contribution in [1.82, 2.24) is 19.9 Å². The van der Waals surface area contributed by atoms with Crippen molar-refractivity contribution < 1.29 is 14.6 Å². The molecule has 0 bridgehead atoms. The summed E-state index contributed by atoms with van der Waals surface area (Å²) in [5.41, 5.74) is 2.70. The number of nitrogens with one attached hydrogen (secondary N) is 1. The van der Waals surface area contributed by atoms with Gasteiger partial charge in [-0.05, 0) is 36.5 Å². The van der Waals surface area contributed by atoms with Crippen molar-refractivity contribution in [3.05, 3.63) is 54.5 Å². The number of fused-ring (bicyclic) bond motifs is 1. The zero-order valence-electron chi connectivity index (χ0n) is 15.1. The monoisotopic (exact) mass is 366 g/mol. The number of ether oxygens (including phenoxy) is 1. The SMILES string of the molecule is COc1ccc([C@@H](NC(=O)Cn2cnc3ccccc32)C2CC(O)C2)cn1. The molecule has 27 heavy (non-hydrogen) atoms. The van der Waals surface area contributed by atoms with Crippen LogP contribution in [0, 0.1) is 5.92 Å². The molecule has 0 saturated heterocycles. The predicted octanol–water partition coefficient (Wildman–Crippen LogP) is 2.07. The maximum Gasteiger partial charge on any atom is 0.240 e. The number of hydrogen-bond donors (Lipinski definition) is 2. The second-order valence-corrected chi connectivity index (χ2v) is 6.93. The molecule has 2 heterocycles. The van der Waals surface area contributed by atoms with Gasteiger partial charge in [-0.2, -0.15) is 0 Å². The van der Waals surface area contributed by atoms with Crippen molar-refractivity contribution in [2.45, 2.75) is 31.5 Å². The molecule has 0 radical (unpaired) electrons. The lowest BCUT2D eigenvalue weighted by Gasteiger charge is -2.38. The molecule has 0 spiro atoms. The molecular weight excluding hydrogens is 344 g/mol. The van der Waals surface area contributed by atoms with Crippen LogP contribution >= 0.6 is 0 Å². The third-order valence-corrected chi connectivity index (χ3v) is 5.11. The summed E-state index contributed by atoms with van der Waals surface area (Å²) >= 11 is 0. The number of aliphatic hydroxyl groups is 1. The lowest BCUT2D eigenvalue weighted by molar-refractivity contribution is -0.123. The average molecular weight is 366 g/mol. The maximum atomic E-state index is 12.7. The minimum absolute atomic E-state index is 0.0969. The molecule has 2 aromatic heterocycles. The van der Waals surface area contributed by atoms with Crippen LogP contribution in [-0.4, -0.2) is 38.8 Å². The first-order valence-corrected chi connectivity index (χ1v) is 9.01. The first-order valence-electron chi connectivity index (χ1n) is 9.01. The number of amides is 1. The maximum absolute atomic E-state index is 12.7. The van der Waals surface area contributed by atoms with Gasteiger partial charge in [-0.25, -0.2) is 9.97 Å². The Morgan fingerprint density at radius 1 is 1.30 bits per heavy atom. The number of pyridine rings is 1. The van der Waals surface area contributed by atoms with E-state index < -0.39 is 0 Å². The first kappa shape index (κ1) is 17.5. The Hall–Kier alpha value is -2.93. The molecule has 140 valence electrons. The van der Waals surface area contributed by atoms with Crippen molar-refractivity contribution in [1.29, 1.82) is 0 Å². The molecule has 1 amide bonds. The number of para-hydroxylation sites is 2. The summed E-state index contributed by atoms with van der Waals surface area (Å²) in [5.74, 6) is 0.626. The van der Waals surface area contributed by atoms with Crippen molar-refractivity contribution in [2.24, 2.45) is 5.92 Å². The van der Waals surface area contributed by atoms with E-state index in [9.17, 15) is 9.90 Å². The van der Waals surface area contributed by atoms with Gasteiger partial charge in [-0.15, -0.1) is 0 Å². The van der Waals surface area contributed by atoms with Crippen molar-refractivity contribution in [2.75, 3.05) is 7.11 Å². The quantitative estimate of drug-likeness (QED) is 0.697. The summed E-state index contributed by atoms with van der Waals surface area (Å²) in [6, 6.07) is 11.2. The molecular formula is C20H22N4O3. The fourth-order valence-electron chi connectivity index (χ4n) is 3.58. The third kappa shape index (κ3) is 3.64. The molecule has 4 rings (SSSR count). The first-order chi connectivity index (χ1) is 13.1. The summed E-state index contributed by atoms with van der Waals surface area (Å²) in [7, 11) is 1.57. The van der Waals surface area contributed by atoms with Crippen molar-refractivity contribution in [3.63, 3.8) is 0 Å². The molecule has 1 aromatic carbocycles. The van der Waals surface area contributed by atoms with Crippen LogP contribution in [0.25, 0.3) is 11.0 Å². The Morgan fingerprint density at radius 3 is 2.81 bits per heavy atom. The van der Waals surface area contributed by atoms with Gasteiger partial charge < -0.3 is 19.7 Å². The highest BCUT2D eigenvalue weighted by Crippen LogP contribution is 2.38. The molecule has 1 saturated carbocycles. The molecule has 2 N–H and O–H groups in total. The number of carbonyl (C=O) groups excluding carboxylic acids is 1. The van der Waals surface area contributed by atoms with E-state index in [-0.39, 0.29) is 30.5 Å². The highest BCUT2D eigenvalue weighted by Gasteiger charge is 2.35. The van der Waals surface area contributed by atoms with E-state index >= 15 is 0 Å². The Balaban J connectivity index is 1.51. The molecule has 0 aliphatic heterocycles. The van der Waals surface area contributed by atoms with Crippen LogP contribution in [0.3, 0.4) is 0 Å². The smallest absolute Gasteiger partial charge is 0.240 e. The molecule has 7 nitrogen and oxygen atoms in total. The molecule has 1 aliphatic rings. The van der Waals surface area contributed by atoms with Crippen LogP contribution in [-0.2, 0) is 11.3 Å². The molecule has 7 heteroatoms. The van der Waals surface area contributed by atoms with E-state index in [1.165, 1.54) is 0 Å². The van der Waals surface area contributed by atoms with Gasteiger partial charge >= 0.3 is 0 Å². The third-order valence-electron chi connectivity index (χ3n) is 5.11. The second kappa shape index (κ2) is 7.36. The van der Waals surface area contributed by atoms with Crippen LogP contribution < -0.4 is 10.1 Å². The lowest BCUT2D eigenvalue weighted by Crippen LogP contribution is -2.42. The number of carbonyl (C=O) groups is 1. The Labute approximate surface area is 157 Å². The highest BCUT2D eigenvalue weighted by atomic mass is 16.5. The van der Waals surface area contributed by atoms with Gasteiger partial charge in [0.2, 0.25) is 11.8 Å². The van der Waals surface area contributed by atoms with Gasteiger partial charge in [0.15, 0.2) is 0 Å². The topological polar surface area (TPSA) is 89.3 Å². The molecule has 1 aliphatic carbocycles. The van der Waals surface area contributed by atoms with Crippen LogP contribution in [0.5, 0.6) is 5.88 Å². The normalized spacial score (nSPS) is 20.1. The average Bonchev–Trinajstić information content (AvgIpc) is 3.07. The summed E-state index contributed by atoms with van der Waals surface area (Å²) in [6.45, 7) is 0.190. The minimum Gasteiger partial charge on any atom is -0.481 e. The number of methoxy groups -OCH3 is 1. The largest absolute Gasteiger partial charge is 0.481 e. The minimum atomic E-state index is -0.293. The van der Waals surface area contributed by atoms with Gasteiger partial charge in [0.25, 0.3) is 0 Å². The van der Waals surface area contributed by atoms with Crippen LogP contribution in [0.15, 0.2) is 48.9 Å². The molecule has 1 fully saturated rings. The van der Waals surface area contributed by atoms with E-state index in [0.717, 1.165) is 16.6 Å². The number of hydrogen-bond acceptors (Lipinski definition) is 5. The Bertz CT molecular complexity index is 932. The van der Waals surface area contributed by atoms with E-state index in [0.29, 0.717) is 18.7 Å². The van der Waals surface area contributed by atoms with E-state index in [1.54, 1.807) is 25.7 Å². The standard InChI is InChI=1S/C20H22N4O3/c1-27-19-7-6-13(10-21-19)20(14-8-15(25)9-14)23-18(26)11-24-12-22-16-4-2-3-5-17(16)24/h2-7,10,12,14-15,20,25H,8-9,11H2,1H3,(H,23,26)/t14?,15?,20-/m1/s1. The number of imidazole rings is 1. The number of aliphatic hydroxyl groups excluding tert-OH is 1. The number of aromatic nitrogens is 3. The van der Waals surface area contributed by atoms with Crippen LogP contribution in [0.1, 0.15) is 24.4 Å². The highest BCUT2D eigenvalue weighted by molar-refractivity contribution is 5.80. The number of rotatable bonds is 6. The van der Waals surface area contributed by atoms with Gasteiger partial charge in [0.1, 0.15) is 6.54 Å². The van der Waals surface area contributed by atoms with Gasteiger partial charge in [-0.3, -0.25) is 4.79 Å². The Morgan fingerprint density at radius 2 is 2.11 bits per heavy atom. The van der Waals surface area contributed by atoms with Gasteiger partial charge in [0.05, 0.1) is 36.6 Å². The molecule has 0 unspecified atom stereocenters. The summed E-state index contributed by atoms with van der Waals surface area (Å²) in [6.07, 6.45) is 4.46. The van der Waals surface area contributed by atoms with Crippen LogP contribution in [0.2, 0.25) is 0 Å². The van der Waals surface area contributed by atoms with Gasteiger partial charge in [0, 0.05) is 12.3 Å². The fourth-order valence-corrected chi connectivity index (χ4v) is 3.58. The summed E-state index contributed by atoms with van der Waals surface area (Å²) in [5, 5.41) is 12.8. The van der Waals surface area contributed by atoms with Gasteiger partial charge in [-0.1, -0.05) is 18.2 Å². The predicted molar refractivity (Wildman–Crippen MR) is 100 cm³/mol. The molecule has 1 atom stereocenters. The summed E-state index contributed by atoms with van der Waals surface area (Å²) < 4.78 is 6.95. The van der Waals surface area contributed by atoms with E-state index in [2.05, 4.69) is 15.3 Å². The second-order valence-electron chi connectivity index (χ2n) is 6.93. The summed E-state index contributed by atoms with van der Waals surface area (Å²) in [4.78, 5) is 21.3. The molecule has 3 aromatic rings. The van der Waals surface area contributed by atoms with Crippen molar-refractivity contribution >= 4 is 16.9 Å². The van der Waals surface area contributed by atoms with E-state index in [4.69, 9.17) is 4.74 Å². The van der Waals surface area contributed by atoms with Crippen LogP contribution in [0.4, 0.5) is 0 Å². The zero-order chi connectivity index (χ0) is 18.8. The zero-order valence-corrected chi connectivity index (χ0v) is 15.1. The van der Waals surface area contributed by atoms with Crippen molar-refractivity contribution in [3.8, 4) is 5.88 Å². The van der Waals surface area contributed by atoms with E-state index in [1.807, 2.05) is 34.9 Å². The number of benzene rings is 1. The fraction of sp³-hybridized carbons (Fsp3) is 0.350. The number of nitrogens with zero attached hydrogens (tertiary/aromatic N) is 3. The lowest BCUT2D eigenvalue weighted by atomic mass is 9.75. The Kier molecular flexibility index (Phi) is 4.77.